The van der Waals surface area contributed by atoms with Crippen LogP contribution >= 0.6 is 0 Å². The van der Waals surface area contributed by atoms with Crippen LogP contribution in [0.15, 0.2) is 18.2 Å². The van der Waals surface area contributed by atoms with Crippen molar-refractivity contribution in [1.29, 1.82) is 0 Å². The van der Waals surface area contributed by atoms with Crippen molar-refractivity contribution in [2.24, 2.45) is 0 Å². The minimum absolute atomic E-state index is 0.111. The molecule has 0 aromatic heterocycles. The number of hydrogen-bond acceptors (Lipinski definition) is 3. The second-order valence-corrected chi connectivity index (χ2v) is 3.66. The summed E-state index contributed by atoms with van der Waals surface area (Å²) in [5.41, 5.74) is 0.539. The van der Waals surface area contributed by atoms with Crippen LogP contribution in [0.25, 0.3) is 0 Å². The van der Waals surface area contributed by atoms with Crippen LogP contribution < -0.4 is 0 Å². The number of rotatable bonds is 2. The lowest BCUT2D eigenvalue weighted by atomic mass is 10.2. The quantitative estimate of drug-likeness (QED) is 0.801. The Kier molecular flexibility index (Phi) is 3.18. The fourth-order valence-corrected chi connectivity index (χ4v) is 1.68. The van der Waals surface area contributed by atoms with E-state index in [9.17, 15) is 9.50 Å². The van der Waals surface area contributed by atoms with Crippen LogP contribution in [0.1, 0.15) is 5.56 Å². The molecule has 0 unspecified atom stereocenters. The second-order valence-electron chi connectivity index (χ2n) is 3.66. The van der Waals surface area contributed by atoms with Gasteiger partial charge in [0.05, 0.1) is 13.2 Å². The zero-order valence-corrected chi connectivity index (χ0v) is 8.45. The lowest BCUT2D eigenvalue weighted by Crippen LogP contribution is -2.35. The van der Waals surface area contributed by atoms with Gasteiger partial charge in [0.1, 0.15) is 11.6 Å². The van der Waals surface area contributed by atoms with Crippen LogP contribution in [0.4, 0.5) is 4.39 Å². The first kappa shape index (κ1) is 10.4. The maximum atomic E-state index is 13.4. The van der Waals surface area contributed by atoms with Crippen molar-refractivity contribution in [1.82, 2.24) is 4.90 Å². The lowest BCUT2D eigenvalue weighted by molar-refractivity contribution is 0.0337. The molecule has 1 aliphatic rings. The molecule has 0 bridgehead atoms. The average molecular weight is 211 g/mol. The van der Waals surface area contributed by atoms with Crippen LogP contribution in [0.3, 0.4) is 0 Å². The van der Waals surface area contributed by atoms with Crippen molar-refractivity contribution in [2.45, 2.75) is 6.54 Å². The molecule has 1 saturated heterocycles. The molecule has 0 saturated carbocycles. The Labute approximate surface area is 88.1 Å². The molecule has 0 spiro atoms. The van der Waals surface area contributed by atoms with Crippen molar-refractivity contribution in [3.63, 3.8) is 0 Å². The normalized spacial score (nSPS) is 17.9. The lowest BCUT2D eigenvalue weighted by Gasteiger charge is -2.26. The maximum absolute atomic E-state index is 13.4. The second kappa shape index (κ2) is 4.59. The highest BCUT2D eigenvalue weighted by Crippen LogP contribution is 2.17. The van der Waals surface area contributed by atoms with Gasteiger partial charge in [0, 0.05) is 25.2 Å². The number of benzene rings is 1. The molecule has 1 aromatic carbocycles. The molecule has 1 N–H and O–H groups in total. The number of hydrogen-bond donors (Lipinski definition) is 1. The molecule has 0 radical (unpaired) electrons. The van der Waals surface area contributed by atoms with Gasteiger partial charge in [-0.15, -0.1) is 0 Å². The van der Waals surface area contributed by atoms with Crippen molar-refractivity contribution >= 4 is 0 Å². The number of ether oxygens (including phenoxy) is 1. The van der Waals surface area contributed by atoms with E-state index in [0.717, 1.165) is 13.1 Å². The van der Waals surface area contributed by atoms with Crippen molar-refractivity contribution < 1.29 is 14.2 Å². The SMILES string of the molecule is Oc1ccc(F)c(CN2CCOCC2)c1. The number of morpholine rings is 1. The van der Waals surface area contributed by atoms with Gasteiger partial charge in [0.2, 0.25) is 0 Å². The van der Waals surface area contributed by atoms with E-state index < -0.39 is 0 Å². The summed E-state index contributed by atoms with van der Waals surface area (Å²) in [5, 5.41) is 9.26. The summed E-state index contributed by atoms with van der Waals surface area (Å²) in [6.45, 7) is 3.55. The number of aromatic hydroxyl groups is 1. The van der Waals surface area contributed by atoms with Gasteiger partial charge in [-0.25, -0.2) is 4.39 Å². The first-order chi connectivity index (χ1) is 7.25. The molecule has 0 atom stereocenters. The summed E-state index contributed by atoms with van der Waals surface area (Å²) in [4.78, 5) is 2.11. The third kappa shape index (κ3) is 2.67. The van der Waals surface area contributed by atoms with E-state index in [0.29, 0.717) is 25.3 Å². The molecule has 4 heteroatoms. The standard InChI is InChI=1S/C11H14FNO2/c12-11-2-1-10(14)7-9(11)8-13-3-5-15-6-4-13/h1-2,7,14H,3-6,8H2. The minimum Gasteiger partial charge on any atom is -0.508 e. The predicted octanol–water partition coefficient (Wildman–Crippen LogP) is 1.36. The first-order valence-electron chi connectivity index (χ1n) is 5.03. The van der Waals surface area contributed by atoms with Crippen LogP contribution in [-0.4, -0.2) is 36.3 Å². The molecule has 1 fully saturated rings. The Balaban J connectivity index is 2.05. The van der Waals surface area contributed by atoms with Crippen LogP contribution in [0.2, 0.25) is 0 Å². The van der Waals surface area contributed by atoms with E-state index in [2.05, 4.69) is 4.90 Å². The largest absolute Gasteiger partial charge is 0.508 e. The zero-order chi connectivity index (χ0) is 10.7. The molecule has 1 aromatic rings. The van der Waals surface area contributed by atoms with Crippen LogP contribution in [0, 0.1) is 5.82 Å². The van der Waals surface area contributed by atoms with Gasteiger partial charge in [-0.3, -0.25) is 4.90 Å². The molecule has 2 rings (SSSR count). The summed E-state index contributed by atoms with van der Waals surface area (Å²) in [6.07, 6.45) is 0. The molecular formula is C11H14FNO2. The highest BCUT2D eigenvalue weighted by Gasteiger charge is 2.13. The first-order valence-corrected chi connectivity index (χ1v) is 5.03. The average Bonchev–Trinajstić information content (AvgIpc) is 2.25. The van der Waals surface area contributed by atoms with Gasteiger partial charge < -0.3 is 9.84 Å². The summed E-state index contributed by atoms with van der Waals surface area (Å²) >= 11 is 0. The van der Waals surface area contributed by atoms with Gasteiger partial charge in [-0.2, -0.15) is 0 Å². The zero-order valence-electron chi connectivity index (χ0n) is 8.45. The molecule has 0 aliphatic carbocycles. The molecule has 15 heavy (non-hydrogen) atoms. The van der Waals surface area contributed by atoms with Gasteiger partial charge in [-0.05, 0) is 18.2 Å². The molecule has 1 aliphatic heterocycles. The van der Waals surface area contributed by atoms with Gasteiger partial charge in [0.25, 0.3) is 0 Å². The van der Waals surface area contributed by atoms with E-state index >= 15 is 0 Å². The molecular weight excluding hydrogens is 197 g/mol. The molecule has 82 valence electrons. The highest BCUT2D eigenvalue weighted by molar-refractivity contribution is 5.28. The Morgan fingerprint density at radius 3 is 2.80 bits per heavy atom. The monoisotopic (exact) mass is 211 g/mol. The topological polar surface area (TPSA) is 32.7 Å². The number of nitrogens with zero attached hydrogens (tertiary/aromatic N) is 1. The van der Waals surface area contributed by atoms with Crippen LogP contribution in [0.5, 0.6) is 5.75 Å². The van der Waals surface area contributed by atoms with E-state index in [1.807, 2.05) is 0 Å². The minimum atomic E-state index is -0.265. The fraction of sp³-hybridized carbons (Fsp3) is 0.455. The number of phenolic OH excluding ortho intramolecular Hbond substituents is 1. The third-order valence-electron chi connectivity index (χ3n) is 2.53. The van der Waals surface area contributed by atoms with E-state index in [1.54, 1.807) is 0 Å². The third-order valence-corrected chi connectivity index (χ3v) is 2.53. The summed E-state index contributed by atoms with van der Waals surface area (Å²) in [6, 6.07) is 4.13. The summed E-state index contributed by atoms with van der Waals surface area (Å²) < 4.78 is 18.6. The molecule has 0 amide bonds. The maximum Gasteiger partial charge on any atom is 0.127 e. The van der Waals surface area contributed by atoms with E-state index in [4.69, 9.17) is 4.74 Å². The Hall–Kier alpha value is -1.13. The van der Waals surface area contributed by atoms with Crippen molar-refractivity contribution in [3.05, 3.63) is 29.6 Å². The Morgan fingerprint density at radius 2 is 2.07 bits per heavy atom. The predicted molar refractivity (Wildman–Crippen MR) is 54.2 cm³/mol. The number of phenols is 1. The Bertz CT molecular complexity index is 337. The summed E-state index contributed by atoms with van der Waals surface area (Å²) in [7, 11) is 0. The fourth-order valence-electron chi connectivity index (χ4n) is 1.68. The number of halogens is 1. The smallest absolute Gasteiger partial charge is 0.127 e. The highest BCUT2D eigenvalue weighted by atomic mass is 19.1. The molecule has 1 heterocycles. The Morgan fingerprint density at radius 1 is 1.33 bits per heavy atom. The van der Waals surface area contributed by atoms with Gasteiger partial charge in [-0.1, -0.05) is 0 Å². The van der Waals surface area contributed by atoms with E-state index in [-0.39, 0.29) is 11.6 Å². The van der Waals surface area contributed by atoms with Gasteiger partial charge >= 0.3 is 0 Å². The molecule has 3 nitrogen and oxygen atoms in total. The summed E-state index contributed by atoms with van der Waals surface area (Å²) in [5.74, 6) is -0.154. The van der Waals surface area contributed by atoms with E-state index in [1.165, 1.54) is 18.2 Å². The van der Waals surface area contributed by atoms with Gasteiger partial charge in [0.15, 0.2) is 0 Å². The van der Waals surface area contributed by atoms with Crippen molar-refractivity contribution in [3.8, 4) is 5.75 Å². The van der Waals surface area contributed by atoms with Crippen LogP contribution in [-0.2, 0) is 11.3 Å². The van der Waals surface area contributed by atoms with Crippen molar-refractivity contribution in [2.75, 3.05) is 26.3 Å².